The Morgan fingerprint density at radius 1 is 1.08 bits per heavy atom. The zero-order chi connectivity index (χ0) is 20.1. The van der Waals surface area contributed by atoms with Gasteiger partial charge < -0.3 is 13.7 Å². The molecule has 0 atom stereocenters. The molecule has 1 aliphatic rings. The molecule has 6 nitrogen and oxygen atoms in total. The summed E-state index contributed by atoms with van der Waals surface area (Å²) >= 11 is 0. The third-order valence-corrected chi connectivity index (χ3v) is 10.2. The van der Waals surface area contributed by atoms with Crippen molar-refractivity contribution in [2.45, 2.75) is 77.8 Å². The maximum absolute atomic E-state index is 11.4. The predicted molar refractivity (Wildman–Crippen MR) is 107 cm³/mol. The molecule has 1 saturated heterocycles. The van der Waals surface area contributed by atoms with E-state index in [1.807, 2.05) is 27.7 Å². The highest BCUT2D eigenvalue weighted by atomic mass is 28.4. The Labute approximate surface area is 157 Å². The minimum atomic E-state index is -2.13. The van der Waals surface area contributed by atoms with Crippen LogP contribution in [0.1, 0.15) is 48.5 Å². The zero-order valence-corrected chi connectivity index (χ0v) is 18.3. The van der Waals surface area contributed by atoms with Gasteiger partial charge in [0.05, 0.1) is 22.2 Å². The van der Waals surface area contributed by atoms with Gasteiger partial charge in [0.1, 0.15) is 5.75 Å². The Morgan fingerprint density at radius 3 is 2.00 bits per heavy atom. The summed E-state index contributed by atoms with van der Waals surface area (Å²) in [6, 6.07) is 4.78. The molecule has 1 aromatic carbocycles. The van der Waals surface area contributed by atoms with Crippen molar-refractivity contribution >= 4 is 26.6 Å². The minimum Gasteiger partial charge on any atom is -0.543 e. The van der Waals surface area contributed by atoms with Gasteiger partial charge in [0, 0.05) is 6.07 Å². The van der Waals surface area contributed by atoms with Crippen LogP contribution in [0.25, 0.3) is 0 Å². The second-order valence-electron chi connectivity index (χ2n) is 9.47. The van der Waals surface area contributed by atoms with Gasteiger partial charge in [-0.3, -0.25) is 10.1 Å². The van der Waals surface area contributed by atoms with E-state index in [4.69, 9.17) is 13.7 Å². The number of rotatable bonds is 4. The van der Waals surface area contributed by atoms with Crippen molar-refractivity contribution in [1.29, 1.82) is 0 Å². The molecular formula is C18H30BNO5Si. The monoisotopic (exact) mass is 379 g/mol. The number of hydrogen-bond donors (Lipinski definition) is 0. The normalized spacial score (nSPS) is 19.5. The third kappa shape index (κ3) is 3.97. The summed E-state index contributed by atoms with van der Waals surface area (Å²) in [5.74, 6) is 0.496. The summed E-state index contributed by atoms with van der Waals surface area (Å²) in [4.78, 5) is 11.0. The largest absolute Gasteiger partial charge is 0.543 e. The van der Waals surface area contributed by atoms with Gasteiger partial charge in [0.25, 0.3) is 5.69 Å². The topological polar surface area (TPSA) is 70.8 Å². The molecule has 0 unspecified atom stereocenters. The highest BCUT2D eigenvalue weighted by molar-refractivity contribution is 6.74. The molecule has 0 saturated carbocycles. The van der Waals surface area contributed by atoms with Crippen molar-refractivity contribution < 1.29 is 18.7 Å². The average molecular weight is 379 g/mol. The zero-order valence-electron chi connectivity index (χ0n) is 17.3. The lowest BCUT2D eigenvalue weighted by atomic mass is 9.79. The Balaban J connectivity index is 2.43. The molecule has 26 heavy (non-hydrogen) atoms. The molecule has 0 spiro atoms. The van der Waals surface area contributed by atoms with Gasteiger partial charge in [-0.05, 0) is 57.4 Å². The SMILES string of the molecule is CC1(C)OB(c2cc(O[Si](C)(C)C(C)(C)C)cc([N+](=O)[O-])c2)OC1(C)C. The maximum Gasteiger partial charge on any atom is 0.495 e. The van der Waals surface area contributed by atoms with Crippen molar-refractivity contribution in [3.63, 3.8) is 0 Å². The third-order valence-electron chi connectivity index (χ3n) is 5.83. The summed E-state index contributed by atoms with van der Waals surface area (Å²) in [5.41, 5.74) is -0.441. The van der Waals surface area contributed by atoms with Gasteiger partial charge in [-0.2, -0.15) is 0 Å². The lowest BCUT2D eigenvalue weighted by Crippen LogP contribution is -2.44. The van der Waals surface area contributed by atoms with Gasteiger partial charge in [-0.15, -0.1) is 0 Å². The van der Waals surface area contributed by atoms with E-state index in [0.29, 0.717) is 11.2 Å². The average Bonchev–Trinajstić information content (AvgIpc) is 2.65. The molecule has 8 heteroatoms. The number of nitrogens with zero attached hydrogens (tertiary/aromatic N) is 1. The second kappa shape index (κ2) is 6.35. The molecule has 1 aliphatic heterocycles. The van der Waals surface area contributed by atoms with Crippen LogP contribution in [0.15, 0.2) is 18.2 Å². The first-order valence-corrected chi connectivity index (χ1v) is 11.8. The molecule has 0 radical (unpaired) electrons. The van der Waals surface area contributed by atoms with Crippen LogP contribution in [-0.2, 0) is 9.31 Å². The fourth-order valence-electron chi connectivity index (χ4n) is 2.33. The van der Waals surface area contributed by atoms with Crippen LogP contribution in [0.5, 0.6) is 5.75 Å². The van der Waals surface area contributed by atoms with Crippen LogP contribution in [0.4, 0.5) is 5.69 Å². The van der Waals surface area contributed by atoms with Gasteiger partial charge >= 0.3 is 7.12 Å². The Kier molecular flexibility index (Phi) is 5.11. The fourth-order valence-corrected chi connectivity index (χ4v) is 3.35. The number of nitro benzene ring substituents is 1. The summed E-state index contributed by atoms with van der Waals surface area (Å²) in [5, 5.41) is 11.4. The Hall–Kier alpha value is -1.38. The molecule has 0 bridgehead atoms. The molecule has 0 aliphatic carbocycles. The van der Waals surface area contributed by atoms with Crippen LogP contribution < -0.4 is 9.89 Å². The van der Waals surface area contributed by atoms with Crippen molar-refractivity contribution in [2.24, 2.45) is 0 Å². The van der Waals surface area contributed by atoms with Gasteiger partial charge in [-0.25, -0.2) is 0 Å². The molecule has 1 fully saturated rings. The lowest BCUT2D eigenvalue weighted by molar-refractivity contribution is -0.384. The van der Waals surface area contributed by atoms with Crippen LogP contribution in [-0.4, -0.2) is 31.6 Å². The highest BCUT2D eigenvalue weighted by Gasteiger charge is 2.52. The van der Waals surface area contributed by atoms with E-state index in [2.05, 4.69) is 33.9 Å². The first-order chi connectivity index (χ1) is 11.6. The van der Waals surface area contributed by atoms with Crippen LogP contribution in [0.3, 0.4) is 0 Å². The maximum atomic E-state index is 11.4. The molecular weight excluding hydrogens is 349 g/mol. The summed E-state index contributed by atoms with van der Waals surface area (Å²) in [6.45, 7) is 18.4. The summed E-state index contributed by atoms with van der Waals surface area (Å²) in [6.07, 6.45) is 0. The van der Waals surface area contributed by atoms with E-state index in [1.165, 1.54) is 12.1 Å². The van der Waals surface area contributed by atoms with E-state index in [-0.39, 0.29) is 10.7 Å². The molecule has 1 aromatic rings. The van der Waals surface area contributed by atoms with Crippen LogP contribution >= 0.6 is 0 Å². The van der Waals surface area contributed by atoms with Gasteiger partial charge in [-0.1, -0.05) is 20.8 Å². The molecule has 144 valence electrons. The predicted octanol–water partition coefficient (Wildman–Crippen LogP) is 4.28. The van der Waals surface area contributed by atoms with E-state index in [0.717, 1.165) is 0 Å². The molecule has 0 aromatic heterocycles. The second-order valence-corrected chi connectivity index (χ2v) is 14.2. The fraction of sp³-hybridized carbons (Fsp3) is 0.667. The number of nitro groups is 1. The van der Waals surface area contributed by atoms with E-state index >= 15 is 0 Å². The highest BCUT2D eigenvalue weighted by Crippen LogP contribution is 2.39. The Morgan fingerprint density at radius 2 is 1.58 bits per heavy atom. The molecule has 0 N–H and O–H groups in total. The van der Waals surface area contributed by atoms with Crippen LogP contribution in [0.2, 0.25) is 18.1 Å². The Bertz CT molecular complexity index is 696. The van der Waals surface area contributed by atoms with Gasteiger partial charge in [0.15, 0.2) is 0 Å². The quantitative estimate of drug-likeness (QED) is 0.444. The smallest absolute Gasteiger partial charge is 0.495 e. The molecule has 1 heterocycles. The number of hydrogen-bond acceptors (Lipinski definition) is 5. The summed E-state index contributed by atoms with van der Waals surface area (Å²) in [7, 11) is -2.79. The van der Waals surface area contributed by atoms with E-state index in [9.17, 15) is 10.1 Å². The first kappa shape index (κ1) is 20.9. The number of non-ortho nitro benzene ring substituents is 1. The van der Waals surface area contributed by atoms with Crippen LogP contribution in [0, 0.1) is 10.1 Å². The van der Waals surface area contributed by atoms with Crippen molar-refractivity contribution in [2.75, 3.05) is 0 Å². The van der Waals surface area contributed by atoms with Crippen molar-refractivity contribution in [1.82, 2.24) is 0 Å². The van der Waals surface area contributed by atoms with Gasteiger partial charge in [0.2, 0.25) is 8.32 Å². The van der Waals surface area contributed by atoms with Crippen molar-refractivity contribution in [3.8, 4) is 5.75 Å². The van der Waals surface area contributed by atoms with Crippen molar-refractivity contribution in [3.05, 3.63) is 28.3 Å². The minimum absolute atomic E-state index is 0.0118. The molecule has 0 amide bonds. The molecule has 2 rings (SSSR count). The number of benzene rings is 1. The van der Waals surface area contributed by atoms with E-state index < -0.39 is 31.6 Å². The standard InChI is InChI=1S/C18H30BNO5Si/c1-16(2,3)26(8,9)23-15-11-13(10-14(12-15)20(21)22)19-24-17(4,5)18(6,7)25-19/h10-12H,1-9H3. The first-order valence-electron chi connectivity index (χ1n) is 8.90. The van der Waals surface area contributed by atoms with E-state index in [1.54, 1.807) is 6.07 Å². The summed E-state index contributed by atoms with van der Waals surface area (Å²) < 4.78 is 18.4. The lowest BCUT2D eigenvalue weighted by Gasteiger charge is -2.36.